The number of aromatic nitrogens is 1. The summed E-state index contributed by atoms with van der Waals surface area (Å²) in [6, 6.07) is 1.96. The van der Waals surface area contributed by atoms with Crippen molar-refractivity contribution in [3.63, 3.8) is 0 Å². The topological polar surface area (TPSA) is 51.2 Å². The van der Waals surface area contributed by atoms with Crippen LogP contribution in [0, 0.1) is 0 Å². The molecule has 0 saturated heterocycles. The van der Waals surface area contributed by atoms with Crippen LogP contribution in [0.5, 0.6) is 5.75 Å². The molecule has 0 radical (unpaired) electrons. The fourth-order valence-corrected chi connectivity index (χ4v) is 1.79. The maximum atomic E-state index is 11.5. The number of hydrogen-bond donors (Lipinski definition) is 1. The van der Waals surface area contributed by atoms with E-state index in [9.17, 15) is 4.79 Å². The molecule has 1 aromatic rings. The van der Waals surface area contributed by atoms with Crippen LogP contribution in [0.2, 0.25) is 0 Å². The number of nitrogens with zero attached hydrogens (tertiary/aromatic N) is 1. The molecule has 1 aromatic heterocycles. The summed E-state index contributed by atoms with van der Waals surface area (Å²) in [5, 5.41) is 2.74. The molecule has 4 heteroatoms. The van der Waals surface area contributed by atoms with Gasteiger partial charge in [-0.3, -0.25) is 4.79 Å². The highest BCUT2D eigenvalue weighted by molar-refractivity contribution is 5.95. The molecule has 1 aliphatic carbocycles. The van der Waals surface area contributed by atoms with E-state index in [4.69, 9.17) is 4.74 Å². The van der Waals surface area contributed by atoms with Gasteiger partial charge in [-0.1, -0.05) is 0 Å². The molecule has 0 spiro atoms. The Hall–Kier alpha value is -1.58. The summed E-state index contributed by atoms with van der Waals surface area (Å²) in [5.41, 5.74) is 1.61. The zero-order valence-electron chi connectivity index (χ0n) is 8.32. The van der Waals surface area contributed by atoms with Crippen LogP contribution >= 0.6 is 0 Å². The van der Waals surface area contributed by atoms with E-state index in [1.54, 1.807) is 6.20 Å². The Morgan fingerprint density at radius 2 is 2.33 bits per heavy atom. The van der Waals surface area contributed by atoms with Crippen molar-refractivity contribution in [2.24, 2.45) is 0 Å². The van der Waals surface area contributed by atoms with Gasteiger partial charge in [-0.05, 0) is 30.4 Å². The van der Waals surface area contributed by atoms with Crippen LogP contribution in [0.3, 0.4) is 0 Å². The number of hydrogen-bond acceptors (Lipinski definition) is 3. The van der Waals surface area contributed by atoms with Gasteiger partial charge in [0.05, 0.1) is 6.54 Å². The Bertz CT molecular complexity index is 413. The number of fused-ring (bicyclic) bond motifs is 1. The fraction of sp³-hybridized carbons (Fsp3) is 0.455. The highest BCUT2D eigenvalue weighted by atomic mass is 16.5. The van der Waals surface area contributed by atoms with E-state index < -0.39 is 0 Å². The van der Waals surface area contributed by atoms with Crippen molar-refractivity contribution < 1.29 is 9.53 Å². The van der Waals surface area contributed by atoms with Gasteiger partial charge in [0.15, 0.2) is 11.4 Å². The number of pyridine rings is 1. The first-order chi connectivity index (χ1) is 7.34. The van der Waals surface area contributed by atoms with Crippen LogP contribution in [0.25, 0.3) is 0 Å². The summed E-state index contributed by atoms with van der Waals surface area (Å²) in [4.78, 5) is 15.7. The lowest BCUT2D eigenvalue weighted by molar-refractivity contribution is 0.0952. The average Bonchev–Trinajstić information content (AvgIpc) is 3.06. The van der Waals surface area contributed by atoms with E-state index in [0.29, 0.717) is 30.5 Å². The Morgan fingerprint density at radius 3 is 3.13 bits per heavy atom. The monoisotopic (exact) mass is 204 g/mol. The lowest BCUT2D eigenvalue weighted by atomic mass is 10.1. The lowest BCUT2D eigenvalue weighted by Gasteiger charge is -2.06. The van der Waals surface area contributed by atoms with Crippen LogP contribution in [0.15, 0.2) is 12.3 Å². The van der Waals surface area contributed by atoms with Gasteiger partial charge in [0.1, 0.15) is 6.61 Å². The Labute approximate surface area is 87.7 Å². The largest absolute Gasteiger partial charge is 0.489 e. The van der Waals surface area contributed by atoms with Crippen LogP contribution in [-0.4, -0.2) is 24.0 Å². The number of ether oxygens (including phenoxy) is 1. The molecular formula is C11H12N2O2. The average molecular weight is 204 g/mol. The number of carbonyl (C=O) groups is 1. The summed E-state index contributed by atoms with van der Waals surface area (Å²) in [6.45, 7) is 1.07. The van der Waals surface area contributed by atoms with Crippen molar-refractivity contribution in [1.82, 2.24) is 10.3 Å². The predicted octanol–water partition coefficient (Wildman–Crippen LogP) is 1.08. The van der Waals surface area contributed by atoms with Gasteiger partial charge in [-0.2, -0.15) is 0 Å². The SMILES string of the molecule is O=C1NCCOc2cc(C3CC3)cnc21. The van der Waals surface area contributed by atoms with E-state index in [1.165, 1.54) is 18.4 Å². The molecule has 0 bridgehead atoms. The zero-order chi connectivity index (χ0) is 10.3. The third kappa shape index (κ3) is 1.56. The fourth-order valence-electron chi connectivity index (χ4n) is 1.79. The molecule has 1 saturated carbocycles. The van der Waals surface area contributed by atoms with E-state index in [2.05, 4.69) is 10.3 Å². The third-order valence-corrected chi connectivity index (χ3v) is 2.78. The maximum Gasteiger partial charge on any atom is 0.273 e. The Balaban J connectivity index is 2.01. The summed E-state index contributed by atoms with van der Waals surface area (Å²) in [7, 11) is 0. The second kappa shape index (κ2) is 3.22. The van der Waals surface area contributed by atoms with Crippen molar-refractivity contribution in [1.29, 1.82) is 0 Å². The number of nitrogens with one attached hydrogen (secondary N) is 1. The Morgan fingerprint density at radius 1 is 1.47 bits per heavy atom. The van der Waals surface area contributed by atoms with Gasteiger partial charge in [0.2, 0.25) is 0 Å². The summed E-state index contributed by atoms with van der Waals surface area (Å²) in [6.07, 6.45) is 4.25. The molecule has 78 valence electrons. The quantitative estimate of drug-likeness (QED) is 0.744. The minimum atomic E-state index is -0.134. The van der Waals surface area contributed by atoms with Crippen molar-refractivity contribution in [2.75, 3.05) is 13.2 Å². The molecule has 2 aliphatic rings. The standard InChI is InChI=1S/C11H12N2O2/c14-11-10-9(15-4-3-12-11)5-8(6-13-10)7-1-2-7/h5-7H,1-4H2,(H,12,14). The first kappa shape index (κ1) is 8.71. The van der Waals surface area contributed by atoms with Gasteiger partial charge < -0.3 is 10.1 Å². The second-order valence-electron chi connectivity index (χ2n) is 3.99. The van der Waals surface area contributed by atoms with Gasteiger partial charge in [-0.25, -0.2) is 4.98 Å². The van der Waals surface area contributed by atoms with Gasteiger partial charge in [0.25, 0.3) is 5.91 Å². The number of amides is 1. The molecule has 1 aliphatic heterocycles. The number of rotatable bonds is 1. The van der Waals surface area contributed by atoms with Gasteiger partial charge >= 0.3 is 0 Å². The summed E-state index contributed by atoms with van der Waals surface area (Å²) >= 11 is 0. The first-order valence-corrected chi connectivity index (χ1v) is 5.25. The molecular weight excluding hydrogens is 192 g/mol. The van der Waals surface area contributed by atoms with E-state index in [-0.39, 0.29) is 5.91 Å². The minimum Gasteiger partial charge on any atom is -0.489 e. The first-order valence-electron chi connectivity index (χ1n) is 5.25. The highest BCUT2D eigenvalue weighted by Gasteiger charge is 2.26. The highest BCUT2D eigenvalue weighted by Crippen LogP contribution is 2.41. The minimum absolute atomic E-state index is 0.134. The molecule has 4 nitrogen and oxygen atoms in total. The van der Waals surface area contributed by atoms with Crippen molar-refractivity contribution in [3.8, 4) is 5.75 Å². The summed E-state index contributed by atoms with van der Waals surface area (Å²) in [5.74, 6) is 1.14. The molecule has 15 heavy (non-hydrogen) atoms. The molecule has 3 rings (SSSR count). The predicted molar refractivity (Wildman–Crippen MR) is 54.0 cm³/mol. The molecule has 1 N–H and O–H groups in total. The van der Waals surface area contributed by atoms with E-state index in [0.717, 1.165) is 0 Å². The normalized spacial score (nSPS) is 19.9. The van der Waals surface area contributed by atoms with Crippen LogP contribution in [0.1, 0.15) is 34.8 Å². The lowest BCUT2D eigenvalue weighted by Crippen LogP contribution is -2.25. The van der Waals surface area contributed by atoms with Crippen molar-refractivity contribution >= 4 is 5.91 Å². The zero-order valence-corrected chi connectivity index (χ0v) is 8.32. The Kier molecular flexibility index (Phi) is 1.87. The third-order valence-electron chi connectivity index (χ3n) is 2.78. The molecule has 0 aromatic carbocycles. The smallest absolute Gasteiger partial charge is 0.273 e. The molecule has 1 fully saturated rings. The van der Waals surface area contributed by atoms with E-state index in [1.807, 2.05) is 6.07 Å². The summed E-state index contributed by atoms with van der Waals surface area (Å²) < 4.78 is 5.49. The van der Waals surface area contributed by atoms with Crippen LogP contribution in [0.4, 0.5) is 0 Å². The van der Waals surface area contributed by atoms with E-state index >= 15 is 0 Å². The molecule has 1 amide bonds. The molecule has 0 atom stereocenters. The van der Waals surface area contributed by atoms with Crippen molar-refractivity contribution in [3.05, 3.63) is 23.5 Å². The molecule has 2 heterocycles. The van der Waals surface area contributed by atoms with Crippen molar-refractivity contribution in [2.45, 2.75) is 18.8 Å². The van der Waals surface area contributed by atoms with Crippen LogP contribution in [-0.2, 0) is 0 Å². The van der Waals surface area contributed by atoms with Crippen LogP contribution < -0.4 is 10.1 Å². The molecule has 0 unspecified atom stereocenters. The maximum absolute atomic E-state index is 11.5. The number of carbonyl (C=O) groups excluding carboxylic acids is 1. The second-order valence-corrected chi connectivity index (χ2v) is 3.99. The van der Waals surface area contributed by atoms with Gasteiger partial charge in [-0.15, -0.1) is 0 Å². The van der Waals surface area contributed by atoms with Gasteiger partial charge in [0, 0.05) is 6.20 Å².